The molecule has 0 heterocycles. The quantitative estimate of drug-likeness (QED) is 0.821. The highest BCUT2D eigenvalue weighted by molar-refractivity contribution is 6.30. The van der Waals surface area contributed by atoms with Gasteiger partial charge in [0.25, 0.3) is 0 Å². The Morgan fingerprint density at radius 3 is 2.86 bits per heavy atom. The monoisotopic (exact) mass is 215 g/mol. The van der Waals surface area contributed by atoms with E-state index in [2.05, 4.69) is 6.92 Å². The molecule has 0 unspecified atom stereocenters. The van der Waals surface area contributed by atoms with Gasteiger partial charge in [0, 0.05) is 6.04 Å². The van der Waals surface area contributed by atoms with Gasteiger partial charge in [0.1, 0.15) is 5.82 Å². The van der Waals surface area contributed by atoms with Crippen LogP contribution in [-0.2, 0) is 6.42 Å². The Morgan fingerprint density at radius 2 is 2.21 bits per heavy atom. The van der Waals surface area contributed by atoms with E-state index < -0.39 is 0 Å². The lowest BCUT2D eigenvalue weighted by Gasteiger charge is -2.11. The zero-order valence-electron chi connectivity index (χ0n) is 8.26. The first kappa shape index (κ1) is 11.5. The third-order valence-corrected chi connectivity index (χ3v) is 2.47. The molecule has 1 atom stereocenters. The Balaban J connectivity index is 2.71. The third kappa shape index (κ3) is 2.96. The van der Waals surface area contributed by atoms with Gasteiger partial charge in [0.2, 0.25) is 0 Å². The van der Waals surface area contributed by atoms with Crippen LogP contribution in [0.25, 0.3) is 0 Å². The number of nitrogens with two attached hydrogens (primary N) is 1. The van der Waals surface area contributed by atoms with E-state index in [1.807, 2.05) is 0 Å². The van der Waals surface area contributed by atoms with Crippen LogP contribution in [0.1, 0.15) is 25.3 Å². The van der Waals surface area contributed by atoms with Gasteiger partial charge in [-0.3, -0.25) is 0 Å². The van der Waals surface area contributed by atoms with Crippen LogP contribution in [-0.4, -0.2) is 6.04 Å². The second-order valence-electron chi connectivity index (χ2n) is 3.47. The van der Waals surface area contributed by atoms with Crippen molar-refractivity contribution in [2.75, 3.05) is 0 Å². The zero-order valence-corrected chi connectivity index (χ0v) is 9.02. The minimum absolute atomic E-state index is 0.0213. The van der Waals surface area contributed by atoms with E-state index in [-0.39, 0.29) is 16.9 Å². The van der Waals surface area contributed by atoms with E-state index in [9.17, 15) is 4.39 Å². The summed E-state index contributed by atoms with van der Waals surface area (Å²) >= 11 is 5.66. The van der Waals surface area contributed by atoms with Crippen molar-refractivity contribution in [2.24, 2.45) is 5.73 Å². The molecule has 0 aromatic heterocycles. The molecule has 14 heavy (non-hydrogen) atoms. The standard InChI is InChI=1S/C11H15ClFN/c1-2-4-9(14)7-8-5-3-6-10(12)11(8)13/h3,5-6,9H,2,4,7,14H2,1H3/t9-/m1/s1. The average molecular weight is 216 g/mol. The van der Waals surface area contributed by atoms with Crippen LogP contribution >= 0.6 is 11.6 Å². The molecule has 0 radical (unpaired) electrons. The molecule has 78 valence electrons. The highest BCUT2D eigenvalue weighted by atomic mass is 35.5. The van der Waals surface area contributed by atoms with Crippen LogP contribution < -0.4 is 5.73 Å². The Labute approximate surface area is 89.1 Å². The minimum Gasteiger partial charge on any atom is -0.327 e. The van der Waals surface area contributed by atoms with Gasteiger partial charge in [0.15, 0.2) is 0 Å². The number of hydrogen-bond donors (Lipinski definition) is 1. The Morgan fingerprint density at radius 1 is 1.50 bits per heavy atom. The predicted molar refractivity (Wildman–Crippen MR) is 58.0 cm³/mol. The Bertz CT molecular complexity index is 301. The lowest BCUT2D eigenvalue weighted by molar-refractivity contribution is 0.562. The summed E-state index contributed by atoms with van der Waals surface area (Å²) in [5, 5.41) is 0.172. The molecular weight excluding hydrogens is 201 g/mol. The molecule has 3 heteroatoms. The first-order valence-corrected chi connectivity index (χ1v) is 5.21. The molecule has 0 fully saturated rings. The summed E-state index contributed by atoms with van der Waals surface area (Å²) in [7, 11) is 0. The molecule has 0 bridgehead atoms. The maximum absolute atomic E-state index is 13.4. The van der Waals surface area contributed by atoms with Gasteiger partial charge in [-0.05, 0) is 24.5 Å². The summed E-state index contributed by atoms with van der Waals surface area (Å²) in [6, 6.07) is 5.05. The van der Waals surface area contributed by atoms with Crippen molar-refractivity contribution in [3.63, 3.8) is 0 Å². The Kier molecular flexibility index (Phi) is 4.36. The van der Waals surface area contributed by atoms with Gasteiger partial charge < -0.3 is 5.73 Å². The van der Waals surface area contributed by atoms with Crippen LogP contribution in [0.4, 0.5) is 4.39 Å². The first-order chi connectivity index (χ1) is 6.65. The third-order valence-electron chi connectivity index (χ3n) is 2.17. The minimum atomic E-state index is -0.333. The van der Waals surface area contributed by atoms with Crippen molar-refractivity contribution in [2.45, 2.75) is 32.2 Å². The summed E-state index contributed by atoms with van der Waals surface area (Å²) in [6.07, 6.45) is 2.48. The Hall–Kier alpha value is -0.600. The van der Waals surface area contributed by atoms with Gasteiger partial charge in [-0.15, -0.1) is 0 Å². The predicted octanol–water partition coefficient (Wildman–Crippen LogP) is 3.15. The van der Waals surface area contributed by atoms with Gasteiger partial charge in [-0.25, -0.2) is 4.39 Å². The fourth-order valence-corrected chi connectivity index (χ4v) is 1.66. The van der Waals surface area contributed by atoms with E-state index in [0.717, 1.165) is 12.8 Å². The molecule has 1 aromatic carbocycles. The molecule has 1 rings (SSSR count). The van der Waals surface area contributed by atoms with Crippen LogP contribution in [0.3, 0.4) is 0 Å². The van der Waals surface area contributed by atoms with Crippen molar-refractivity contribution in [1.29, 1.82) is 0 Å². The molecular formula is C11H15ClFN. The van der Waals surface area contributed by atoms with Gasteiger partial charge >= 0.3 is 0 Å². The van der Waals surface area contributed by atoms with E-state index in [1.54, 1.807) is 18.2 Å². The fraction of sp³-hybridized carbons (Fsp3) is 0.455. The highest BCUT2D eigenvalue weighted by Gasteiger charge is 2.09. The summed E-state index contributed by atoms with van der Waals surface area (Å²) < 4.78 is 13.4. The van der Waals surface area contributed by atoms with E-state index in [1.165, 1.54) is 0 Å². The topological polar surface area (TPSA) is 26.0 Å². The largest absolute Gasteiger partial charge is 0.327 e. The number of halogens is 2. The van der Waals surface area contributed by atoms with Crippen molar-refractivity contribution in [1.82, 2.24) is 0 Å². The summed E-state index contributed by atoms with van der Waals surface area (Å²) in [4.78, 5) is 0. The lowest BCUT2D eigenvalue weighted by atomic mass is 10.0. The normalized spacial score (nSPS) is 12.9. The van der Waals surface area contributed by atoms with Crippen LogP contribution in [0.15, 0.2) is 18.2 Å². The van der Waals surface area contributed by atoms with Crippen LogP contribution in [0.2, 0.25) is 5.02 Å². The lowest BCUT2D eigenvalue weighted by Crippen LogP contribution is -2.22. The van der Waals surface area contributed by atoms with Crippen molar-refractivity contribution < 1.29 is 4.39 Å². The molecule has 0 saturated heterocycles. The highest BCUT2D eigenvalue weighted by Crippen LogP contribution is 2.19. The SMILES string of the molecule is CCC[C@@H](N)Cc1cccc(Cl)c1F. The van der Waals surface area contributed by atoms with Crippen molar-refractivity contribution in [3.8, 4) is 0 Å². The van der Waals surface area contributed by atoms with Gasteiger partial charge in [-0.2, -0.15) is 0 Å². The molecule has 0 aliphatic heterocycles. The molecule has 0 aliphatic carbocycles. The maximum atomic E-state index is 13.4. The molecule has 0 amide bonds. The zero-order chi connectivity index (χ0) is 10.6. The van der Waals surface area contributed by atoms with E-state index in [4.69, 9.17) is 17.3 Å². The number of benzene rings is 1. The molecule has 2 N–H and O–H groups in total. The van der Waals surface area contributed by atoms with E-state index >= 15 is 0 Å². The van der Waals surface area contributed by atoms with Gasteiger partial charge in [0.05, 0.1) is 5.02 Å². The molecule has 1 aromatic rings. The molecule has 0 aliphatic rings. The average Bonchev–Trinajstić information content (AvgIpc) is 2.13. The van der Waals surface area contributed by atoms with E-state index in [0.29, 0.717) is 12.0 Å². The second-order valence-corrected chi connectivity index (χ2v) is 3.87. The molecule has 0 spiro atoms. The molecule has 0 saturated carbocycles. The summed E-state index contributed by atoms with van der Waals surface area (Å²) in [6.45, 7) is 2.06. The second kappa shape index (κ2) is 5.32. The number of hydrogen-bond acceptors (Lipinski definition) is 1. The summed E-state index contributed by atoms with van der Waals surface area (Å²) in [5.74, 6) is -0.333. The molecule has 1 nitrogen and oxygen atoms in total. The van der Waals surface area contributed by atoms with Crippen molar-refractivity contribution in [3.05, 3.63) is 34.6 Å². The van der Waals surface area contributed by atoms with Crippen LogP contribution in [0, 0.1) is 5.82 Å². The van der Waals surface area contributed by atoms with Gasteiger partial charge in [-0.1, -0.05) is 37.1 Å². The fourth-order valence-electron chi connectivity index (χ4n) is 1.46. The summed E-state index contributed by atoms with van der Waals surface area (Å²) in [5.41, 5.74) is 6.44. The first-order valence-electron chi connectivity index (χ1n) is 4.83. The number of rotatable bonds is 4. The van der Waals surface area contributed by atoms with Crippen molar-refractivity contribution >= 4 is 11.6 Å². The maximum Gasteiger partial charge on any atom is 0.145 e. The van der Waals surface area contributed by atoms with Crippen LogP contribution in [0.5, 0.6) is 0 Å². The smallest absolute Gasteiger partial charge is 0.145 e.